The quantitative estimate of drug-likeness (QED) is 0.528. The minimum Gasteiger partial charge on any atom is -0.459 e. The summed E-state index contributed by atoms with van der Waals surface area (Å²) in [5.74, 6) is 0.515. The fourth-order valence-corrected chi connectivity index (χ4v) is 2.38. The highest BCUT2D eigenvalue weighted by Crippen LogP contribution is 2.25. The van der Waals surface area contributed by atoms with Crippen LogP contribution in [0.5, 0.6) is 0 Å². The first kappa shape index (κ1) is 14.3. The lowest BCUT2D eigenvalue weighted by atomic mass is 10.1. The van der Waals surface area contributed by atoms with E-state index in [0.717, 1.165) is 10.9 Å². The van der Waals surface area contributed by atoms with Gasteiger partial charge in [-0.1, -0.05) is 23.4 Å². The minimum absolute atomic E-state index is 0.125. The normalized spacial score (nSPS) is 11.0. The van der Waals surface area contributed by atoms with Gasteiger partial charge >= 0.3 is 5.97 Å². The van der Waals surface area contributed by atoms with Crippen molar-refractivity contribution in [1.82, 2.24) is 10.1 Å². The summed E-state index contributed by atoms with van der Waals surface area (Å²) >= 11 is 0. The fourth-order valence-electron chi connectivity index (χ4n) is 2.38. The van der Waals surface area contributed by atoms with Crippen molar-refractivity contribution in [2.75, 3.05) is 0 Å². The van der Waals surface area contributed by atoms with Crippen molar-refractivity contribution in [3.05, 3.63) is 59.8 Å². The number of benzene rings is 1. The Labute approximate surface area is 135 Å². The highest BCUT2D eigenvalue weighted by atomic mass is 16.5. The third kappa shape index (κ3) is 2.45. The molecule has 0 aliphatic carbocycles. The smallest absolute Gasteiger partial charge is 0.375 e. The molecule has 3 heterocycles. The van der Waals surface area contributed by atoms with Crippen molar-refractivity contribution in [2.24, 2.45) is 0 Å². The first-order valence-electron chi connectivity index (χ1n) is 7.24. The van der Waals surface area contributed by atoms with Crippen molar-refractivity contribution in [2.45, 2.75) is 13.5 Å². The number of carbonyl (C=O) groups excluding carboxylic acids is 1. The molecule has 4 rings (SSSR count). The number of furan rings is 2. The SMILES string of the molecule is Cc1c(C(=O)OCc2noc(-c3ccco3)n2)oc2ccccc12. The van der Waals surface area contributed by atoms with Crippen LogP contribution in [-0.2, 0) is 11.3 Å². The molecule has 0 saturated carbocycles. The highest BCUT2D eigenvalue weighted by molar-refractivity contribution is 5.95. The van der Waals surface area contributed by atoms with Crippen LogP contribution in [0.2, 0.25) is 0 Å². The zero-order chi connectivity index (χ0) is 16.5. The van der Waals surface area contributed by atoms with E-state index in [1.54, 1.807) is 18.2 Å². The van der Waals surface area contributed by atoms with Gasteiger partial charge in [0.1, 0.15) is 5.58 Å². The molecule has 7 heteroatoms. The first-order valence-corrected chi connectivity index (χ1v) is 7.24. The van der Waals surface area contributed by atoms with E-state index >= 15 is 0 Å². The molecule has 0 N–H and O–H groups in total. The predicted molar refractivity (Wildman–Crippen MR) is 82.1 cm³/mol. The van der Waals surface area contributed by atoms with E-state index in [-0.39, 0.29) is 24.1 Å². The van der Waals surface area contributed by atoms with Crippen molar-refractivity contribution < 1.29 is 22.9 Å². The molecule has 7 nitrogen and oxygen atoms in total. The fraction of sp³-hybridized carbons (Fsp3) is 0.118. The standard InChI is InChI=1S/C17H12N2O5/c1-10-11-5-2-3-6-12(11)23-15(10)17(20)22-9-14-18-16(24-19-14)13-7-4-8-21-13/h2-8H,9H2,1H3. The molecule has 0 saturated heterocycles. The Morgan fingerprint density at radius 2 is 2.08 bits per heavy atom. The summed E-state index contributed by atoms with van der Waals surface area (Å²) in [6.07, 6.45) is 1.50. The Morgan fingerprint density at radius 3 is 2.88 bits per heavy atom. The topological polar surface area (TPSA) is 91.5 Å². The molecule has 3 aromatic heterocycles. The second kappa shape index (κ2) is 5.69. The molecule has 0 amide bonds. The van der Waals surface area contributed by atoms with Gasteiger partial charge in [0.2, 0.25) is 11.6 Å². The van der Waals surface area contributed by atoms with E-state index < -0.39 is 5.97 Å². The number of aryl methyl sites for hydroxylation is 1. The number of ether oxygens (including phenoxy) is 1. The predicted octanol–water partition coefficient (Wildman–Crippen LogP) is 3.74. The van der Waals surface area contributed by atoms with Gasteiger partial charge in [-0.3, -0.25) is 0 Å². The lowest BCUT2D eigenvalue weighted by Crippen LogP contribution is -2.06. The summed E-state index contributed by atoms with van der Waals surface area (Å²) in [5, 5.41) is 4.63. The number of para-hydroxylation sites is 1. The van der Waals surface area contributed by atoms with Crippen molar-refractivity contribution in [3.8, 4) is 11.7 Å². The summed E-state index contributed by atoms with van der Waals surface area (Å²) in [7, 11) is 0. The molecule has 0 radical (unpaired) electrons. The van der Waals surface area contributed by atoms with E-state index in [9.17, 15) is 4.79 Å². The lowest BCUT2D eigenvalue weighted by Gasteiger charge is -1.99. The number of fused-ring (bicyclic) bond motifs is 1. The largest absolute Gasteiger partial charge is 0.459 e. The van der Waals surface area contributed by atoms with Crippen LogP contribution in [0.4, 0.5) is 0 Å². The molecule has 0 fully saturated rings. The number of carbonyl (C=O) groups is 1. The van der Waals surface area contributed by atoms with Crippen LogP contribution in [0, 0.1) is 6.92 Å². The molecule has 0 aliphatic rings. The van der Waals surface area contributed by atoms with Crippen LogP contribution < -0.4 is 0 Å². The summed E-state index contributed by atoms with van der Waals surface area (Å²) in [4.78, 5) is 16.3. The van der Waals surface area contributed by atoms with Crippen LogP contribution in [0.25, 0.3) is 22.6 Å². The van der Waals surface area contributed by atoms with Crippen molar-refractivity contribution >= 4 is 16.9 Å². The van der Waals surface area contributed by atoms with Crippen LogP contribution in [0.15, 0.2) is 56.0 Å². The maximum absolute atomic E-state index is 12.2. The molecule has 4 aromatic rings. The van der Waals surface area contributed by atoms with Gasteiger partial charge < -0.3 is 18.1 Å². The molecule has 0 spiro atoms. The number of hydrogen-bond donors (Lipinski definition) is 0. The van der Waals surface area contributed by atoms with Crippen LogP contribution in [0.3, 0.4) is 0 Å². The highest BCUT2D eigenvalue weighted by Gasteiger charge is 2.20. The van der Waals surface area contributed by atoms with E-state index in [0.29, 0.717) is 11.3 Å². The Kier molecular flexibility index (Phi) is 3.38. The molecule has 1 aromatic carbocycles. The van der Waals surface area contributed by atoms with Gasteiger partial charge in [-0.2, -0.15) is 4.98 Å². The van der Waals surface area contributed by atoms with Gasteiger partial charge in [-0.25, -0.2) is 4.79 Å². The Hall–Kier alpha value is -3.35. The maximum atomic E-state index is 12.2. The molecule has 120 valence electrons. The van der Waals surface area contributed by atoms with E-state index in [1.165, 1.54) is 6.26 Å². The molecular weight excluding hydrogens is 312 g/mol. The molecule has 0 aliphatic heterocycles. The second-order valence-electron chi connectivity index (χ2n) is 5.12. The Morgan fingerprint density at radius 1 is 1.21 bits per heavy atom. The second-order valence-corrected chi connectivity index (χ2v) is 5.12. The number of aromatic nitrogens is 2. The molecular formula is C17H12N2O5. The summed E-state index contributed by atoms with van der Waals surface area (Å²) in [6, 6.07) is 10.8. The average molecular weight is 324 g/mol. The van der Waals surface area contributed by atoms with Crippen molar-refractivity contribution in [1.29, 1.82) is 0 Å². The Balaban J connectivity index is 1.49. The van der Waals surface area contributed by atoms with Crippen LogP contribution in [0.1, 0.15) is 21.9 Å². The summed E-state index contributed by atoms with van der Waals surface area (Å²) < 4.78 is 21.0. The minimum atomic E-state index is -0.576. The van der Waals surface area contributed by atoms with Crippen LogP contribution >= 0.6 is 0 Å². The molecule has 24 heavy (non-hydrogen) atoms. The number of nitrogens with zero attached hydrogens (tertiary/aromatic N) is 2. The van der Waals surface area contributed by atoms with E-state index in [2.05, 4.69) is 10.1 Å². The van der Waals surface area contributed by atoms with Crippen LogP contribution in [-0.4, -0.2) is 16.1 Å². The number of esters is 1. The van der Waals surface area contributed by atoms with Gasteiger partial charge in [-0.05, 0) is 25.1 Å². The van der Waals surface area contributed by atoms with Gasteiger partial charge in [-0.15, -0.1) is 0 Å². The number of hydrogen-bond acceptors (Lipinski definition) is 7. The maximum Gasteiger partial charge on any atom is 0.375 e. The first-order chi connectivity index (χ1) is 11.7. The van der Waals surface area contributed by atoms with E-state index in [4.69, 9.17) is 18.1 Å². The van der Waals surface area contributed by atoms with Gasteiger partial charge in [0.25, 0.3) is 5.89 Å². The van der Waals surface area contributed by atoms with Crippen molar-refractivity contribution in [3.63, 3.8) is 0 Å². The third-order valence-electron chi connectivity index (χ3n) is 3.56. The molecule has 0 atom stereocenters. The van der Waals surface area contributed by atoms with Gasteiger partial charge in [0, 0.05) is 10.9 Å². The Bertz CT molecular complexity index is 997. The van der Waals surface area contributed by atoms with Gasteiger partial charge in [0.05, 0.1) is 6.26 Å². The third-order valence-corrected chi connectivity index (χ3v) is 3.56. The molecule has 0 bridgehead atoms. The van der Waals surface area contributed by atoms with Gasteiger partial charge in [0.15, 0.2) is 12.4 Å². The molecule has 0 unspecified atom stereocenters. The zero-order valence-electron chi connectivity index (χ0n) is 12.7. The lowest BCUT2D eigenvalue weighted by molar-refractivity contribution is 0.0424. The monoisotopic (exact) mass is 324 g/mol. The summed E-state index contributed by atoms with van der Waals surface area (Å²) in [5.41, 5.74) is 1.38. The van der Waals surface area contributed by atoms with E-state index in [1.807, 2.05) is 25.1 Å². The summed E-state index contributed by atoms with van der Waals surface area (Å²) in [6.45, 7) is 1.69. The average Bonchev–Trinajstić information content (AvgIpc) is 3.33. The number of rotatable bonds is 4. The zero-order valence-corrected chi connectivity index (χ0v) is 12.7.